The number of carbonyl (C=O) groups is 1. The predicted molar refractivity (Wildman–Crippen MR) is 113 cm³/mol. The second-order valence-electron chi connectivity index (χ2n) is 7.51. The Balaban J connectivity index is 1.23. The summed E-state index contributed by atoms with van der Waals surface area (Å²) < 4.78 is 10.8. The molecule has 1 saturated heterocycles. The van der Waals surface area contributed by atoms with Crippen molar-refractivity contribution in [1.29, 1.82) is 0 Å². The summed E-state index contributed by atoms with van der Waals surface area (Å²) in [5, 5.41) is 0. The van der Waals surface area contributed by atoms with Crippen molar-refractivity contribution < 1.29 is 14.3 Å². The molecule has 0 spiro atoms. The van der Waals surface area contributed by atoms with Crippen LogP contribution in [0.3, 0.4) is 0 Å². The second kappa shape index (κ2) is 9.18. The van der Waals surface area contributed by atoms with Gasteiger partial charge in [-0.2, -0.15) is 0 Å². The van der Waals surface area contributed by atoms with Crippen LogP contribution in [0.15, 0.2) is 48.5 Å². The molecule has 4 rings (SSSR count). The number of nitrogens with zero attached hydrogens (tertiary/aromatic N) is 3. The average molecular weight is 396 g/mol. The standard InChI is InChI=1S/C23H29N3O3/c1-2-25(20-6-4-3-5-7-20)11-10-23(27)26-14-12-24(13-15-26)17-19-8-9-21-22(16-19)29-18-28-21/h3-9,16H,2,10-15,17-18H2,1H3. The van der Waals surface area contributed by atoms with Crippen LogP contribution in [0, 0.1) is 0 Å². The number of rotatable bonds is 7. The van der Waals surface area contributed by atoms with Crippen molar-refractivity contribution in [3.05, 3.63) is 54.1 Å². The molecule has 0 atom stereocenters. The maximum absolute atomic E-state index is 12.7. The first-order valence-corrected chi connectivity index (χ1v) is 10.4. The Hall–Kier alpha value is -2.73. The zero-order valence-electron chi connectivity index (χ0n) is 17.0. The molecule has 2 aromatic carbocycles. The lowest BCUT2D eigenvalue weighted by atomic mass is 10.1. The van der Waals surface area contributed by atoms with Crippen LogP contribution in [0.2, 0.25) is 0 Å². The van der Waals surface area contributed by atoms with Crippen molar-refractivity contribution in [2.75, 3.05) is 51.0 Å². The van der Waals surface area contributed by atoms with Crippen LogP contribution >= 0.6 is 0 Å². The molecule has 0 bridgehead atoms. The van der Waals surface area contributed by atoms with E-state index in [-0.39, 0.29) is 5.91 Å². The molecule has 0 aromatic heterocycles. The number of para-hydroxylation sites is 1. The van der Waals surface area contributed by atoms with Crippen LogP contribution < -0.4 is 14.4 Å². The van der Waals surface area contributed by atoms with Crippen LogP contribution in [0.1, 0.15) is 18.9 Å². The summed E-state index contributed by atoms with van der Waals surface area (Å²) in [5.41, 5.74) is 2.40. The van der Waals surface area contributed by atoms with E-state index in [1.165, 1.54) is 11.3 Å². The van der Waals surface area contributed by atoms with Crippen molar-refractivity contribution >= 4 is 11.6 Å². The number of fused-ring (bicyclic) bond motifs is 1. The van der Waals surface area contributed by atoms with E-state index in [1.807, 2.05) is 29.2 Å². The summed E-state index contributed by atoms with van der Waals surface area (Å²) in [7, 11) is 0. The highest BCUT2D eigenvalue weighted by Crippen LogP contribution is 2.32. The normalized spacial score (nSPS) is 16.1. The minimum absolute atomic E-state index is 0.252. The number of hydrogen-bond donors (Lipinski definition) is 0. The van der Waals surface area contributed by atoms with Crippen LogP contribution in [-0.2, 0) is 11.3 Å². The van der Waals surface area contributed by atoms with Crippen molar-refractivity contribution in [2.24, 2.45) is 0 Å². The van der Waals surface area contributed by atoms with E-state index in [1.54, 1.807) is 0 Å². The predicted octanol–water partition coefficient (Wildman–Crippen LogP) is 2.98. The van der Waals surface area contributed by atoms with Gasteiger partial charge in [0, 0.05) is 57.9 Å². The Bertz CT molecular complexity index is 819. The lowest BCUT2D eigenvalue weighted by molar-refractivity contribution is -0.132. The Labute approximate surface area is 172 Å². The maximum Gasteiger partial charge on any atom is 0.231 e. The van der Waals surface area contributed by atoms with Crippen LogP contribution in [0.25, 0.3) is 0 Å². The molecule has 0 saturated carbocycles. The molecule has 2 aromatic rings. The fourth-order valence-electron chi connectivity index (χ4n) is 3.95. The first-order chi connectivity index (χ1) is 14.2. The van der Waals surface area contributed by atoms with Crippen LogP contribution in [-0.4, -0.2) is 61.8 Å². The number of ether oxygens (including phenoxy) is 2. The molecule has 0 aliphatic carbocycles. The number of carbonyl (C=O) groups excluding carboxylic acids is 1. The molecule has 29 heavy (non-hydrogen) atoms. The third kappa shape index (κ3) is 4.82. The largest absolute Gasteiger partial charge is 0.454 e. The van der Waals surface area contributed by atoms with Crippen LogP contribution in [0.5, 0.6) is 11.5 Å². The van der Waals surface area contributed by atoms with E-state index in [9.17, 15) is 4.79 Å². The Kier molecular flexibility index (Phi) is 6.20. The summed E-state index contributed by atoms with van der Waals surface area (Å²) in [5.74, 6) is 1.90. The maximum atomic E-state index is 12.7. The minimum atomic E-state index is 0.252. The molecule has 2 aliphatic heterocycles. The number of piperazine rings is 1. The lowest BCUT2D eigenvalue weighted by Crippen LogP contribution is -2.48. The van der Waals surface area contributed by atoms with Gasteiger partial charge < -0.3 is 19.3 Å². The van der Waals surface area contributed by atoms with Gasteiger partial charge in [0.1, 0.15) is 0 Å². The molecule has 0 N–H and O–H groups in total. The van der Waals surface area contributed by atoms with E-state index in [0.717, 1.165) is 57.3 Å². The Morgan fingerprint density at radius 3 is 2.52 bits per heavy atom. The molecular weight excluding hydrogens is 366 g/mol. The topological polar surface area (TPSA) is 45.3 Å². The minimum Gasteiger partial charge on any atom is -0.454 e. The molecule has 2 aliphatic rings. The Morgan fingerprint density at radius 2 is 1.76 bits per heavy atom. The quantitative estimate of drug-likeness (QED) is 0.721. The zero-order valence-corrected chi connectivity index (χ0v) is 17.0. The Morgan fingerprint density at radius 1 is 1.00 bits per heavy atom. The van der Waals surface area contributed by atoms with Gasteiger partial charge in [-0.05, 0) is 36.8 Å². The number of amides is 1. The van der Waals surface area contributed by atoms with E-state index in [0.29, 0.717) is 13.2 Å². The van der Waals surface area contributed by atoms with E-state index in [4.69, 9.17) is 9.47 Å². The number of anilines is 1. The fraction of sp³-hybridized carbons (Fsp3) is 0.435. The van der Waals surface area contributed by atoms with Crippen molar-refractivity contribution in [3.8, 4) is 11.5 Å². The lowest BCUT2D eigenvalue weighted by Gasteiger charge is -2.35. The molecule has 1 amide bonds. The van der Waals surface area contributed by atoms with Gasteiger partial charge in [-0.3, -0.25) is 9.69 Å². The summed E-state index contributed by atoms with van der Waals surface area (Å²) in [6.45, 7) is 8.35. The van der Waals surface area contributed by atoms with E-state index in [2.05, 4.69) is 41.0 Å². The average Bonchev–Trinajstić information content (AvgIpc) is 3.23. The van der Waals surface area contributed by atoms with Gasteiger partial charge in [0.05, 0.1) is 0 Å². The molecular formula is C23H29N3O3. The van der Waals surface area contributed by atoms with Crippen molar-refractivity contribution in [3.63, 3.8) is 0 Å². The van der Waals surface area contributed by atoms with E-state index >= 15 is 0 Å². The zero-order chi connectivity index (χ0) is 20.1. The SMILES string of the molecule is CCN(CCC(=O)N1CCN(Cc2ccc3c(c2)OCO3)CC1)c1ccccc1. The highest BCUT2D eigenvalue weighted by molar-refractivity contribution is 5.77. The molecule has 154 valence electrons. The van der Waals surface area contributed by atoms with Gasteiger partial charge >= 0.3 is 0 Å². The highest BCUT2D eigenvalue weighted by atomic mass is 16.7. The van der Waals surface area contributed by atoms with Crippen molar-refractivity contribution in [2.45, 2.75) is 19.9 Å². The summed E-state index contributed by atoms with van der Waals surface area (Å²) in [6.07, 6.45) is 0.560. The molecule has 0 radical (unpaired) electrons. The van der Waals surface area contributed by atoms with Gasteiger partial charge in [-0.1, -0.05) is 24.3 Å². The van der Waals surface area contributed by atoms with Gasteiger partial charge in [0.2, 0.25) is 12.7 Å². The molecule has 2 heterocycles. The van der Waals surface area contributed by atoms with Crippen molar-refractivity contribution in [1.82, 2.24) is 9.80 Å². The molecule has 6 heteroatoms. The van der Waals surface area contributed by atoms with Gasteiger partial charge in [-0.25, -0.2) is 0 Å². The van der Waals surface area contributed by atoms with Gasteiger partial charge in [0.15, 0.2) is 11.5 Å². The number of benzene rings is 2. The first kappa shape index (κ1) is 19.6. The second-order valence-corrected chi connectivity index (χ2v) is 7.51. The van der Waals surface area contributed by atoms with Gasteiger partial charge in [-0.15, -0.1) is 0 Å². The summed E-state index contributed by atoms with van der Waals surface area (Å²) in [6, 6.07) is 16.4. The third-order valence-corrected chi connectivity index (χ3v) is 5.67. The van der Waals surface area contributed by atoms with Gasteiger partial charge in [0.25, 0.3) is 0 Å². The first-order valence-electron chi connectivity index (χ1n) is 10.4. The van der Waals surface area contributed by atoms with Crippen LogP contribution in [0.4, 0.5) is 5.69 Å². The fourth-order valence-corrected chi connectivity index (χ4v) is 3.95. The third-order valence-electron chi connectivity index (χ3n) is 5.67. The molecule has 1 fully saturated rings. The smallest absolute Gasteiger partial charge is 0.231 e. The molecule has 6 nitrogen and oxygen atoms in total. The number of hydrogen-bond acceptors (Lipinski definition) is 5. The highest BCUT2D eigenvalue weighted by Gasteiger charge is 2.22. The summed E-state index contributed by atoms with van der Waals surface area (Å²) >= 11 is 0. The molecule has 0 unspecified atom stereocenters. The van der Waals surface area contributed by atoms with E-state index < -0.39 is 0 Å². The summed E-state index contributed by atoms with van der Waals surface area (Å²) in [4.78, 5) is 19.4. The monoisotopic (exact) mass is 395 g/mol.